The van der Waals surface area contributed by atoms with Crippen molar-refractivity contribution in [1.29, 1.82) is 0 Å². The van der Waals surface area contributed by atoms with Crippen molar-refractivity contribution in [2.45, 2.75) is 18.6 Å². The molecular formula is C17H19N3O5. The van der Waals surface area contributed by atoms with Crippen molar-refractivity contribution in [2.24, 2.45) is 5.73 Å². The Balaban J connectivity index is 1.81. The maximum atomic E-state index is 12.7. The Morgan fingerprint density at radius 1 is 1.36 bits per heavy atom. The number of hydrogen-bond acceptors (Lipinski definition) is 5. The van der Waals surface area contributed by atoms with Gasteiger partial charge in [0, 0.05) is 23.6 Å². The number of nitrogens with two attached hydrogens (primary N) is 1. The molecule has 0 unspecified atom stereocenters. The fourth-order valence-corrected chi connectivity index (χ4v) is 2.88. The smallest absolute Gasteiger partial charge is 0.252 e. The molecule has 1 aliphatic rings. The van der Waals surface area contributed by atoms with Gasteiger partial charge in [-0.05, 0) is 12.5 Å². The number of aromatic nitrogens is 1. The molecule has 2 atom stereocenters. The Bertz CT molecular complexity index is 848. The van der Waals surface area contributed by atoms with E-state index in [0.717, 1.165) is 0 Å². The third-order valence-corrected chi connectivity index (χ3v) is 4.04. The van der Waals surface area contributed by atoms with Crippen molar-refractivity contribution in [3.63, 3.8) is 0 Å². The van der Waals surface area contributed by atoms with Crippen molar-refractivity contribution in [1.82, 2.24) is 10.3 Å². The van der Waals surface area contributed by atoms with Gasteiger partial charge in [0.05, 0.1) is 24.3 Å². The number of benzene rings is 1. The highest BCUT2D eigenvalue weighted by Gasteiger charge is 2.29. The molecule has 3 rings (SSSR count). The Morgan fingerprint density at radius 2 is 2.16 bits per heavy atom. The number of fused-ring (bicyclic) bond motifs is 1. The predicted molar refractivity (Wildman–Crippen MR) is 90.2 cm³/mol. The van der Waals surface area contributed by atoms with Crippen LogP contribution in [-0.4, -0.2) is 48.8 Å². The first-order chi connectivity index (χ1) is 12.0. The zero-order valence-corrected chi connectivity index (χ0v) is 13.5. The molecule has 4 N–H and O–H groups in total. The number of primary amides is 1. The lowest BCUT2D eigenvalue weighted by Crippen LogP contribution is -2.51. The molecule has 0 bridgehead atoms. The Morgan fingerprint density at radius 3 is 2.96 bits per heavy atom. The number of pyridine rings is 1. The van der Waals surface area contributed by atoms with E-state index in [0.29, 0.717) is 23.9 Å². The van der Waals surface area contributed by atoms with Crippen molar-refractivity contribution in [3.8, 4) is 0 Å². The number of para-hydroxylation sites is 1. The van der Waals surface area contributed by atoms with Crippen LogP contribution >= 0.6 is 0 Å². The van der Waals surface area contributed by atoms with Gasteiger partial charge in [-0.25, -0.2) is 0 Å². The van der Waals surface area contributed by atoms with Gasteiger partial charge in [-0.2, -0.15) is 0 Å². The predicted octanol–water partition coefficient (Wildman–Crippen LogP) is -0.0827. The number of ether oxygens (including phenoxy) is 2. The van der Waals surface area contributed by atoms with Gasteiger partial charge in [0.1, 0.15) is 6.61 Å². The van der Waals surface area contributed by atoms with E-state index < -0.39 is 17.9 Å². The van der Waals surface area contributed by atoms with Crippen LogP contribution in [0.4, 0.5) is 0 Å². The highest BCUT2D eigenvalue weighted by Crippen LogP contribution is 2.17. The summed E-state index contributed by atoms with van der Waals surface area (Å²) in [5.41, 5.74) is 5.61. The molecule has 1 aromatic carbocycles. The van der Waals surface area contributed by atoms with Gasteiger partial charge in [-0.3, -0.25) is 14.4 Å². The lowest BCUT2D eigenvalue weighted by Gasteiger charge is -2.31. The van der Waals surface area contributed by atoms with E-state index in [1.54, 1.807) is 24.3 Å². The Labute approximate surface area is 143 Å². The summed E-state index contributed by atoms with van der Waals surface area (Å²) in [4.78, 5) is 38.1. The minimum Gasteiger partial charge on any atom is -0.379 e. The molecule has 1 fully saturated rings. The number of carbonyl (C=O) groups excluding carboxylic acids is 2. The topological polar surface area (TPSA) is 124 Å². The van der Waals surface area contributed by atoms with Crippen LogP contribution in [0.15, 0.2) is 35.1 Å². The van der Waals surface area contributed by atoms with Crippen LogP contribution in [0.5, 0.6) is 0 Å². The molecule has 0 radical (unpaired) electrons. The van der Waals surface area contributed by atoms with Crippen LogP contribution in [0.3, 0.4) is 0 Å². The van der Waals surface area contributed by atoms with Gasteiger partial charge < -0.3 is 25.5 Å². The molecular weight excluding hydrogens is 326 g/mol. The Kier molecular flexibility index (Phi) is 5.11. The SMILES string of the molecule is NC(=O)CO[C@@H]1CCOC[C@@H]1NC(=O)c1cc(=O)[nH]c2ccccc12. The molecule has 25 heavy (non-hydrogen) atoms. The van der Waals surface area contributed by atoms with Gasteiger partial charge in [0.25, 0.3) is 5.91 Å². The normalized spacial score (nSPS) is 20.3. The first-order valence-electron chi connectivity index (χ1n) is 7.95. The summed E-state index contributed by atoms with van der Waals surface area (Å²) in [6, 6.07) is 7.90. The van der Waals surface area contributed by atoms with Crippen LogP contribution in [0.2, 0.25) is 0 Å². The molecule has 2 heterocycles. The number of hydrogen-bond donors (Lipinski definition) is 3. The average Bonchev–Trinajstić information content (AvgIpc) is 2.60. The first-order valence-corrected chi connectivity index (χ1v) is 7.95. The number of H-pyrrole nitrogens is 1. The molecule has 8 nitrogen and oxygen atoms in total. The van der Waals surface area contributed by atoms with Crippen molar-refractivity contribution in [2.75, 3.05) is 19.8 Å². The molecule has 8 heteroatoms. The minimum atomic E-state index is -0.572. The molecule has 0 spiro atoms. The van der Waals surface area contributed by atoms with Crippen LogP contribution in [-0.2, 0) is 14.3 Å². The summed E-state index contributed by atoms with van der Waals surface area (Å²) in [7, 11) is 0. The highest BCUT2D eigenvalue weighted by molar-refractivity contribution is 6.06. The van der Waals surface area contributed by atoms with Gasteiger partial charge in [0.2, 0.25) is 11.5 Å². The third-order valence-electron chi connectivity index (χ3n) is 4.04. The third kappa shape index (κ3) is 4.04. The number of amides is 2. The maximum Gasteiger partial charge on any atom is 0.252 e. The van der Waals surface area contributed by atoms with E-state index >= 15 is 0 Å². The Hall–Kier alpha value is -2.71. The molecule has 2 amide bonds. The second kappa shape index (κ2) is 7.45. The van der Waals surface area contributed by atoms with Gasteiger partial charge in [0.15, 0.2) is 0 Å². The van der Waals surface area contributed by atoms with E-state index in [9.17, 15) is 14.4 Å². The quantitative estimate of drug-likeness (QED) is 0.699. The zero-order chi connectivity index (χ0) is 17.8. The second-order valence-corrected chi connectivity index (χ2v) is 5.85. The van der Waals surface area contributed by atoms with E-state index in [4.69, 9.17) is 15.2 Å². The lowest BCUT2D eigenvalue weighted by molar-refractivity contribution is -0.128. The number of rotatable bonds is 5. The van der Waals surface area contributed by atoms with Gasteiger partial charge in [-0.15, -0.1) is 0 Å². The fourth-order valence-electron chi connectivity index (χ4n) is 2.88. The summed E-state index contributed by atoms with van der Waals surface area (Å²) < 4.78 is 10.9. The summed E-state index contributed by atoms with van der Waals surface area (Å²) in [5.74, 6) is -0.970. The summed E-state index contributed by atoms with van der Waals surface area (Å²) in [5, 5.41) is 3.48. The van der Waals surface area contributed by atoms with Gasteiger partial charge >= 0.3 is 0 Å². The molecule has 2 aromatic rings. The first kappa shape index (κ1) is 17.1. The highest BCUT2D eigenvalue weighted by atomic mass is 16.5. The van der Waals surface area contributed by atoms with Crippen molar-refractivity contribution in [3.05, 3.63) is 46.2 Å². The fraction of sp³-hybridized carbons (Fsp3) is 0.353. The zero-order valence-electron chi connectivity index (χ0n) is 13.5. The van der Waals surface area contributed by atoms with Crippen LogP contribution in [0.1, 0.15) is 16.8 Å². The summed E-state index contributed by atoms with van der Waals surface area (Å²) in [6.45, 7) is 0.519. The molecule has 1 aliphatic heterocycles. The largest absolute Gasteiger partial charge is 0.379 e. The molecule has 1 saturated heterocycles. The number of aromatic amines is 1. The summed E-state index contributed by atoms with van der Waals surface area (Å²) >= 11 is 0. The molecule has 132 valence electrons. The van der Waals surface area contributed by atoms with Crippen LogP contribution in [0.25, 0.3) is 10.9 Å². The lowest BCUT2D eigenvalue weighted by atomic mass is 10.0. The van der Waals surface area contributed by atoms with Crippen LogP contribution in [0, 0.1) is 0 Å². The maximum absolute atomic E-state index is 12.7. The molecule has 0 saturated carbocycles. The van der Waals surface area contributed by atoms with E-state index in [1.807, 2.05) is 0 Å². The van der Waals surface area contributed by atoms with Crippen LogP contribution < -0.4 is 16.6 Å². The number of nitrogens with one attached hydrogen (secondary N) is 2. The average molecular weight is 345 g/mol. The number of carbonyl (C=O) groups is 2. The van der Waals surface area contributed by atoms with E-state index in [-0.39, 0.29) is 30.4 Å². The van der Waals surface area contributed by atoms with Crippen molar-refractivity contribution >= 4 is 22.7 Å². The van der Waals surface area contributed by atoms with E-state index in [1.165, 1.54) is 6.07 Å². The summed E-state index contributed by atoms with van der Waals surface area (Å²) in [6.07, 6.45) is 0.160. The molecule has 1 aromatic heterocycles. The van der Waals surface area contributed by atoms with Crippen molar-refractivity contribution < 1.29 is 19.1 Å². The second-order valence-electron chi connectivity index (χ2n) is 5.85. The monoisotopic (exact) mass is 345 g/mol. The molecule has 0 aliphatic carbocycles. The van der Waals surface area contributed by atoms with E-state index in [2.05, 4.69) is 10.3 Å². The van der Waals surface area contributed by atoms with Gasteiger partial charge in [-0.1, -0.05) is 18.2 Å². The minimum absolute atomic E-state index is 0.217. The standard InChI is InChI=1S/C17H19N3O5/c18-15(21)9-25-14-5-6-24-8-13(14)20-17(23)11-7-16(22)19-12-4-2-1-3-10(11)12/h1-4,7,13-14H,5-6,8-9H2,(H2,18,21)(H,19,22)(H,20,23)/t13-,14+/m0/s1.